The molecule has 0 spiro atoms. The zero-order valence-electron chi connectivity index (χ0n) is 11.4. The normalized spacial score (nSPS) is 10.8. The summed E-state index contributed by atoms with van der Waals surface area (Å²) < 4.78 is 5.08. The van der Waals surface area contributed by atoms with Crippen LogP contribution >= 0.6 is 11.6 Å². The van der Waals surface area contributed by atoms with Gasteiger partial charge in [-0.2, -0.15) is 0 Å². The monoisotopic (exact) mass is 285 g/mol. The fraction of sp³-hybridized carbons (Fsp3) is 0.462. The van der Waals surface area contributed by atoms with Crippen LogP contribution in [0.25, 0.3) is 0 Å². The highest BCUT2D eigenvalue weighted by Crippen LogP contribution is 2.33. The summed E-state index contributed by atoms with van der Waals surface area (Å²) in [6.07, 6.45) is 0. The van der Waals surface area contributed by atoms with Crippen LogP contribution in [0.5, 0.6) is 0 Å². The summed E-state index contributed by atoms with van der Waals surface area (Å²) in [5, 5.41) is 0.415. The van der Waals surface area contributed by atoms with E-state index < -0.39 is 5.91 Å². The van der Waals surface area contributed by atoms with Crippen molar-refractivity contribution < 1.29 is 9.53 Å². The minimum Gasteiger partial charge on any atom is -0.399 e. The van der Waals surface area contributed by atoms with Crippen LogP contribution in [0.15, 0.2) is 12.1 Å². The zero-order chi connectivity index (χ0) is 14.6. The summed E-state index contributed by atoms with van der Waals surface area (Å²) in [5.74, 6) is -0.549. The Kier molecular flexibility index (Phi) is 5.44. The minimum absolute atomic E-state index is 0.148. The zero-order valence-corrected chi connectivity index (χ0v) is 12.2. The van der Waals surface area contributed by atoms with Gasteiger partial charge in [-0.15, -0.1) is 0 Å². The number of primary amides is 1. The molecule has 5 nitrogen and oxygen atoms in total. The highest BCUT2D eigenvalue weighted by molar-refractivity contribution is 6.34. The molecule has 0 aliphatic heterocycles. The highest BCUT2D eigenvalue weighted by atomic mass is 35.5. The van der Waals surface area contributed by atoms with Crippen LogP contribution in [0, 0.1) is 0 Å². The van der Waals surface area contributed by atoms with Crippen molar-refractivity contribution in [3.8, 4) is 0 Å². The van der Waals surface area contributed by atoms with Crippen molar-refractivity contribution in [2.24, 2.45) is 5.73 Å². The molecule has 106 valence electrons. The SMILES string of the molecule is COCCN(c1c(Cl)cc(N)cc1C(N)=O)C(C)C. The van der Waals surface area contributed by atoms with Crippen molar-refractivity contribution in [2.45, 2.75) is 19.9 Å². The van der Waals surface area contributed by atoms with Gasteiger partial charge in [0.1, 0.15) is 0 Å². The molecule has 1 rings (SSSR count). The van der Waals surface area contributed by atoms with Gasteiger partial charge >= 0.3 is 0 Å². The molecule has 0 atom stereocenters. The van der Waals surface area contributed by atoms with Crippen LogP contribution in [0.1, 0.15) is 24.2 Å². The number of benzene rings is 1. The summed E-state index contributed by atoms with van der Waals surface area (Å²) in [7, 11) is 1.62. The molecule has 0 radical (unpaired) electrons. The van der Waals surface area contributed by atoms with E-state index in [1.165, 1.54) is 0 Å². The lowest BCUT2D eigenvalue weighted by Crippen LogP contribution is -2.35. The van der Waals surface area contributed by atoms with Gasteiger partial charge in [-0.05, 0) is 26.0 Å². The first-order valence-electron chi connectivity index (χ1n) is 6.02. The summed E-state index contributed by atoms with van der Waals surface area (Å²) in [5.41, 5.74) is 12.5. The predicted molar refractivity (Wildman–Crippen MR) is 78.7 cm³/mol. The largest absolute Gasteiger partial charge is 0.399 e. The lowest BCUT2D eigenvalue weighted by Gasteiger charge is -2.31. The van der Waals surface area contributed by atoms with Gasteiger partial charge in [-0.1, -0.05) is 11.6 Å². The first-order chi connectivity index (χ1) is 8.88. The molecule has 0 bridgehead atoms. The Morgan fingerprint density at radius 2 is 2.11 bits per heavy atom. The Hall–Kier alpha value is -1.46. The standard InChI is InChI=1S/C13H20ClN3O2/c1-8(2)17(4-5-19-3)12-10(13(16)18)6-9(15)7-11(12)14/h6-8H,4-5,15H2,1-3H3,(H2,16,18). The molecule has 1 aromatic carbocycles. The van der Waals surface area contributed by atoms with Gasteiger partial charge in [0.25, 0.3) is 5.91 Å². The summed E-state index contributed by atoms with van der Waals surface area (Å²) in [6.45, 7) is 5.15. The minimum atomic E-state index is -0.549. The van der Waals surface area contributed by atoms with Gasteiger partial charge in [0.2, 0.25) is 0 Å². The van der Waals surface area contributed by atoms with E-state index in [2.05, 4.69) is 0 Å². The Bertz CT molecular complexity index is 463. The van der Waals surface area contributed by atoms with Crippen LogP contribution in [-0.4, -0.2) is 32.2 Å². The Labute approximate surface area is 118 Å². The van der Waals surface area contributed by atoms with Crippen molar-refractivity contribution in [1.82, 2.24) is 0 Å². The summed E-state index contributed by atoms with van der Waals surface area (Å²) in [6, 6.07) is 3.31. The maximum atomic E-state index is 11.6. The number of hydrogen-bond acceptors (Lipinski definition) is 4. The topological polar surface area (TPSA) is 81.6 Å². The fourth-order valence-electron chi connectivity index (χ4n) is 1.92. The molecule has 0 heterocycles. The number of amides is 1. The van der Waals surface area contributed by atoms with Gasteiger partial charge in [-0.3, -0.25) is 4.79 Å². The van der Waals surface area contributed by atoms with Gasteiger partial charge in [0.15, 0.2) is 0 Å². The number of carbonyl (C=O) groups is 1. The van der Waals surface area contributed by atoms with Crippen LogP contribution in [0.2, 0.25) is 5.02 Å². The van der Waals surface area contributed by atoms with Gasteiger partial charge in [0.05, 0.1) is 22.9 Å². The summed E-state index contributed by atoms with van der Waals surface area (Å²) in [4.78, 5) is 13.6. The number of rotatable bonds is 6. The number of ether oxygens (including phenoxy) is 1. The fourth-order valence-corrected chi connectivity index (χ4v) is 2.25. The Morgan fingerprint density at radius 1 is 1.47 bits per heavy atom. The third-order valence-electron chi connectivity index (χ3n) is 2.80. The van der Waals surface area contributed by atoms with Gasteiger partial charge in [-0.25, -0.2) is 0 Å². The molecule has 0 aliphatic rings. The van der Waals surface area contributed by atoms with E-state index in [4.69, 9.17) is 27.8 Å². The van der Waals surface area contributed by atoms with E-state index in [-0.39, 0.29) is 6.04 Å². The second kappa shape index (κ2) is 6.63. The van der Waals surface area contributed by atoms with Crippen molar-refractivity contribution in [3.05, 3.63) is 22.7 Å². The molecular formula is C13H20ClN3O2. The van der Waals surface area contributed by atoms with Crippen LogP contribution < -0.4 is 16.4 Å². The maximum Gasteiger partial charge on any atom is 0.250 e. The van der Waals surface area contributed by atoms with Crippen molar-refractivity contribution in [1.29, 1.82) is 0 Å². The average Bonchev–Trinajstić information content (AvgIpc) is 2.30. The third kappa shape index (κ3) is 3.75. The number of nitrogen functional groups attached to an aromatic ring is 1. The van der Waals surface area contributed by atoms with E-state index in [1.807, 2.05) is 18.7 Å². The predicted octanol–water partition coefficient (Wildman–Crippen LogP) is 1.88. The number of methoxy groups -OCH3 is 1. The molecule has 6 heteroatoms. The molecule has 4 N–H and O–H groups in total. The third-order valence-corrected chi connectivity index (χ3v) is 3.09. The summed E-state index contributed by atoms with van der Waals surface area (Å²) >= 11 is 6.23. The van der Waals surface area contributed by atoms with Gasteiger partial charge < -0.3 is 21.1 Å². The number of nitrogens with two attached hydrogens (primary N) is 2. The molecule has 0 aromatic heterocycles. The first-order valence-corrected chi connectivity index (χ1v) is 6.40. The number of carbonyl (C=O) groups excluding carboxylic acids is 1. The Balaban J connectivity index is 3.31. The van der Waals surface area contributed by atoms with Crippen molar-refractivity contribution >= 4 is 28.9 Å². The Morgan fingerprint density at radius 3 is 2.58 bits per heavy atom. The number of nitrogens with zero attached hydrogens (tertiary/aromatic N) is 1. The van der Waals surface area contributed by atoms with Crippen LogP contribution in [0.3, 0.4) is 0 Å². The molecule has 0 unspecified atom stereocenters. The van der Waals surface area contributed by atoms with E-state index in [1.54, 1.807) is 19.2 Å². The quantitative estimate of drug-likeness (QED) is 0.782. The molecule has 19 heavy (non-hydrogen) atoms. The molecule has 0 aliphatic carbocycles. The van der Waals surface area contributed by atoms with E-state index >= 15 is 0 Å². The molecule has 0 saturated heterocycles. The average molecular weight is 286 g/mol. The highest BCUT2D eigenvalue weighted by Gasteiger charge is 2.21. The second-order valence-corrected chi connectivity index (χ2v) is 4.95. The van der Waals surface area contributed by atoms with Gasteiger partial charge in [0, 0.05) is 25.4 Å². The molecule has 1 amide bonds. The van der Waals surface area contributed by atoms with E-state index in [0.717, 1.165) is 0 Å². The van der Waals surface area contributed by atoms with E-state index in [9.17, 15) is 4.79 Å². The molecular weight excluding hydrogens is 266 g/mol. The first kappa shape index (κ1) is 15.6. The van der Waals surface area contributed by atoms with Crippen LogP contribution in [-0.2, 0) is 4.74 Å². The second-order valence-electron chi connectivity index (χ2n) is 4.54. The number of halogens is 1. The van der Waals surface area contributed by atoms with Crippen molar-refractivity contribution in [3.63, 3.8) is 0 Å². The molecule has 0 saturated carbocycles. The number of anilines is 2. The number of hydrogen-bond donors (Lipinski definition) is 2. The molecule has 0 fully saturated rings. The maximum absolute atomic E-state index is 11.6. The molecule has 1 aromatic rings. The van der Waals surface area contributed by atoms with Crippen molar-refractivity contribution in [2.75, 3.05) is 30.9 Å². The smallest absolute Gasteiger partial charge is 0.250 e. The van der Waals surface area contributed by atoms with E-state index in [0.29, 0.717) is 35.1 Å². The lowest BCUT2D eigenvalue weighted by molar-refractivity contribution is 0.100. The lowest BCUT2D eigenvalue weighted by atomic mass is 10.1. The van der Waals surface area contributed by atoms with Crippen LogP contribution in [0.4, 0.5) is 11.4 Å².